The SMILES string of the molecule is CC.CC1CCN(C(=O)C2CN(C)C2)CC1. The van der Waals surface area contributed by atoms with E-state index in [0.717, 1.165) is 32.1 Å². The van der Waals surface area contributed by atoms with Crippen molar-refractivity contribution in [2.45, 2.75) is 33.6 Å². The summed E-state index contributed by atoms with van der Waals surface area (Å²) in [6.07, 6.45) is 2.38. The zero-order chi connectivity index (χ0) is 12.1. The highest BCUT2D eigenvalue weighted by molar-refractivity contribution is 5.80. The van der Waals surface area contributed by atoms with Gasteiger partial charge < -0.3 is 9.80 Å². The predicted molar refractivity (Wildman–Crippen MR) is 67.3 cm³/mol. The number of hydrogen-bond donors (Lipinski definition) is 0. The molecule has 2 heterocycles. The maximum absolute atomic E-state index is 11.9. The van der Waals surface area contributed by atoms with Crippen LogP contribution in [-0.2, 0) is 4.79 Å². The maximum Gasteiger partial charge on any atom is 0.228 e. The molecule has 0 spiro atoms. The molecular formula is C13H26N2O. The number of amides is 1. The molecule has 0 aromatic carbocycles. The summed E-state index contributed by atoms with van der Waals surface area (Å²) in [5.74, 6) is 1.51. The van der Waals surface area contributed by atoms with Gasteiger partial charge in [-0.3, -0.25) is 4.79 Å². The summed E-state index contributed by atoms with van der Waals surface area (Å²) in [6, 6.07) is 0. The maximum atomic E-state index is 11.9. The molecule has 3 heteroatoms. The highest BCUT2D eigenvalue weighted by Gasteiger charge is 2.33. The van der Waals surface area contributed by atoms with Crippen molar-refractivity contribution in [3.05, 3.63) is 0 Å². The van der Waals surface area contributed by atoms with Gasteiger partial charge in [0.25, 0.3) is 0 Å². The van der Waals surface area contributed by atoms with E-state index in [4.69, 9.17) is 0 Å². The quantitative estimate of drug-likeness (QED) is 0.681. The topological polar surface area (TPSA) is 23.6 Å². The lowest BCUT2D eigenvalue weighted by Gasteiger charge is -2.40. The summed E-state index contributed by atoms with van der Waals surface area (Å²) in [5, 5.41) is 0. The van der Waals surface area contributed by atoms with Gasteiger partial charge in [-0.2, -0.15) is 0 Å². The van der Waals surface area contributed by atoms with Crippen LogP contribution in [0.15, 0.2) is 0 Å². The van der Waals surface area contributed by atoms with E-state index in [1.54, 1.807) is 0 Å². The molecule has 2 aliphatic rings. The Morgan fingerprint density at radius 3 is 2.06 bits per heavy atom. The van der Waals surface area contributed by atoms with E-state index in [2.05, 4.69) is 23.8 Å². The van der Waals surface area contributed by atoms with Crippen molar-refractivity contribution in [3.8, 4) is 0 Å². The smallest absolute Gasteiger partial charge is 0.228 e. The number of piperidine rings is 1. The molecule has 0 aliphatic carbocycles. The zero-order valence-electron chi connectivity index (χ0n) is 11.2. The summed E-state index contributed by atoms with van der Waals surface area (Å²) in [7, 11) is 2.07. The lowest BCUT2D eigenvalue weighted by atomic mass is 9.95. The molecule has 0 radical (unpaired) electrons. The largest absolute Gasteiger partial charge is 0.342 e. The van der Waals surface area contributed by atoms with E-state index in [0.29, 0.717) is 11.8 Å². The monoisotopic (exact) mass is 226 g/mol. The molecule has 2 rings (SSSR count). The molecule has 2 fully saturated rings. The number of hydrogen-bond acceptors (Lipinski definition) is 2. The molecule has 0 N–H and O–H groups in total. The van der Waals surface area contributed by atoms with E-state index in [9.17, 15) is 4.79 Å². The molecule has 0 saturated carbocycles. The highest BCUT2D eigenvalue weighted by atomic mass is 16.2. The Morgan fingerprint density at radius 1 is 1.12 bits per heavy atom. The number of nitrogens with zero attached hydrogens (tertiary/aromatic N) is 2. The van der Waals surface area contributed by atoms with Crippen molar-refractivity contribution in [1.29, 1.82) is 0 Å². The average Bonchev–Trinajstić information content (AvgIpc) is 2.28. The van der Waals surface area contributed by atoms with Crippen molar-refractivity contribution in [1.82, 2.24) is 9.80 Å². The molecule has 1 amide bonds. The average molecular weight is 226 g/mol. The Kier molecular flexibility index (Phi) is 5.26. The lowest BCUT2D eigenvalue weighted by molar-refractivity contribution is -0.141. The third-order valence-electron chi connectivity index (χ3n) is 3.51. The van der Waals surface area contributed by atoms with Crippen LogP contribution in [0.4, 0.5) is 0 Å². The minimum atomic E-state index is 0.299. The number of carbonyl (C=O) groups is 1. The molecule has 0 aromatic heterocycles. The summed E-state index contributed by atoms with van der Waals surface area (Å²) >= 11 is 0. The first kappa shape index (κ1) is 13.5. The standard InChI is InChI=1S/C11H20N2O.C2H6/c1-9-3-5-13(6-4-9)11(14)10-7-12(2)8-10;1-2/h9-10H,3-8H2,1-2H3;1-2H3. The number of rotatable bonds is 1. The predicted octanol–water partition coefficient (Wildman–Crippen LogP) is 1.83. The second kappa shape index (κ2) is 6.24. The lowest BCUT2D eigenvalue weighted by Crippen LogP contribution is -2.53. The molecule has 16 heavy (non-hydrogen) atoms. The summed E-state index contributed by atoms with van der Waals surface area (Å²) in [4.78, 5) is 16.2. The Morgan fingerprint density at radius 2 is 1.62 bits per heavy atom. The summed E-state index contributed by atoms with van der Waals surface area (Å²) in [5.41, 5.74) is 0. The van der Waals surface area contributed by atoms with Crippen molar-refractivity contribution >= 4 is 5.91 Å². The van der Waals surface area contributed by atoms with Gasteiger partial charge in [0.2, 0.25) is 5.91 Å². The van der Waals surface area contributed by atoms with Gasteiger partial charge >= 0.3 is 0 Å². The first-order valence-electron chi connectivity index (χ1n) is 6.64. The summed E-state index contributed by atoms with van der Waals surface area (Å²) < 4.78 is 0. The van der Waals surface area contributed by atoms with Gasteiger partial charge in [0.05, 0.1) is 5.92 Å². The number of likely N-dealkylation sites (tertiary alicyclic amines) is 2. The molecule has 2 aliphatic heterocycles. The fourth-order valence-electron chi connectivity index (χ4n) is 2.34. The first-order chi connectivity index (χ1) is 7.66. The van der Waals surface area contributed by atoms with Gasteiger partial charge in [0.1, 0.15) is 0 Å². The Balaban J connectivity index is 0.000000606. The third-order valence-corrected chi connectivity index (χ3v) is 3.51. The van der Waals surface area contributed by atoms with Crippen LogP contribution in [0, 0.1) is 11.8 Å². The minimum Gasteiger partial charge on any atom is -0.342 e. The van der Waals surface area contributed by atoms with Crippen LogP contribution in [0.25, 0.3) is 0 Å². The molecule has 94 valence electrons. The second-order valence-electron chi connectivity index (χ2n) is 4.93. The molecule has 2 saturated heterocycles. The van der Waals surface area contributed by atoms with Crippen LogP contribution in [0.2, 0.25) is 0 Å². The van der Waals surface area contributed by atoms with Crippen LogP contribution in [0.1, 0.15) is 33.6 Å². The van der Waals surface area contributed by atoms with E-state index >= 15 is 0 Å². The number of carbonyl (C=O) groups excluding carboxylic acids is 1. The van der Waals surface area contributed by atoms with E-state index in [-0.39, 0.29) is 0 Å². The van der Waals surface area contributed by atoms with Gasteiger partial charge in [0, 0.05) is 26.2 Å². The van der Waals surface area contributed by atoms with E-state index in [1.807, 2.05) is 13.8 Å². The first-order valence-corrected chi connectivity index (χ1v) is 6.64. The van der Waals surface area contributed by atoms with Crippen LogP contribution in [0.5, 0.6) is 0 Å². The fourth-order valence-corrected chi connectivity index (χ4v) is 2.34. The molecule has 0 atom stereocenters. The zero-order valence-corrected chi connectivity index (χ0v) is 11.2. The second-order valence-corrected chi connectivity index (χ2v) is 4.93. The van der Waals surface area contributed by atoms with E-state index < -0.39 is 0 Å². The van der Waals surface area contributed by atoms with Crippen LogP contribution in [0.3, 0.4) is 0 Å². The van der Waals surface area contributed by atoms with Crippen LogP contribution < -0.4 is 0 Å². The van der Waals surface area contributed by atoms with Gasteiger partial charge in [-0.05, 0) is 25.8 Å². The minimum absolute atomic E-state index is 0.299. The fraction of sp³-hybridized carbons (Fsp3) is 0.923. The Bertz CT molecular complexity index is 216. The van der Waals surface area contributed by atoms with Gasteiger partial charge in [-0.15, -0.1) is 0 Å². The highest BCUT2D eigenvalue weighted by Crippen LogP contribution is 2.21. The molecule has 0 unspecified atom stereocenters. The van der Waals surface area contributed by atoms with Gasteiger partial charge in [0.15, 0.2) is 0 Å². The van der Waals surface area contributed by atoms with Crippen LogP contribution >= 0.6 is 0 Å². The van der Waals surface area contributed by atoms with Gasteiger partial charge in [-0.25, -0.2) is 0 Å². The van der Waals surface area contributed by atoms with Crippen molar-refractivity contribution in [3.63, 3.8) is 0 Å². The van der Waals surface area contributed by atoms with Crippen molar-refractivity contribution in [2.24, 2.45) is 11.8 Å². The van der Waals surface area contributed by atoms with Gasteiger partial charge in [-0.1, -0.05) is 20.8 Å². The van der Waals surface area contributed by atoms with E-state index in [1.165, 1.54) is 12.8 Å². The molecule has 0 bridgehead atoms. The third kappa shape index (κ3) is 3.21. The van der Waals surface area contributed by atoms with Crippen LogP contribution in [-0.4, -0.2) is 48.9 Å². The van der Waals surface area contributed by atoms with Crippen molar-refractivity contribution in [2.75, 3.05) is 33.2 Å². The summed E-state index contributed by atoms with van der Waals surface area (Å²) in [6.45, 7) is 10.2. The molecule has 3 nitrogen and oxygen atoms in total. The molecular weight excluding hydrogens is 200 g/mol. The Hall–Kier alpha value is -0.570. The normalized spacial score (nSPS) is 23.4. The van der Waals surface area contributed by atoms with Crippen molar-refractivity contribution < 1.29 is 4.79 Å². The molecule has 0 aromatic rings. The Labute approximate surface area is 99.8 Å².